The summed E-state index contributed by atoms with van der Waals surface area (Å²) < 4.78 is 2.90. The second-order valence-corrected chi connectivity index (χ2v) is 6.67. The van der Waals surface area contributed by atoms with Gasteiger partial charge in [0.25, 0.3) is 0 Å². The fourth-order valence-electron chi connectivity index (χ4n) is 1.70. The number of benzene rings is 1. The largest absolute Gasteiger partial charge is 0.338 e. The Morgan fingerprint density at radius 2 is 1.72 bits per heavy atom. The Bertz CT molecular complexity index is 574. The molecule has 2 rings (SSSR count). The Labute approximate surface area is 132 Å². The lowest BCUT2D eigenvalue weighted by Gasteiger charge is -2.13. The smallest absolute Gasteiger partial charge is 0.144 e. The van der Waals surface area contributed by atoms with E-state index < -0.39 is 0 Å². The highest BCUT2D eigenvalue weighted by molar-refractivity contribution is 9.11. The molecule has 0 atom stereocenters. The molecule has 0 radical (unpaired) electrons. The van der Waals surface area contributed by atoms with Crippen LogP contribution in [0.2, 0.25) is 0 Å². The van der Waals surface area contributed by atoms with Gasteiger partial charge in [-0.2, -0.15) is 0 Å². The maximum atomic E-state index is 4.35. The molecule has 1 aromatic carbocycles. The van der Waals surface area contributed by atoms with Crippen molar-refractivity contribution in [1.29, 1.82) is 0 Å². The number of aromatic nitrogens is 1. The highest BCUT2D eigenvalue weighted by Crippen LogP contribution is 2.33. The molecule has 94 valence electrons. The summed E-state index contributed by atoms with van der Waals surface area (Å²) in [7, 11) is 0. The second kappa shape index (κ2) is 5.72. The van der Waals surface area contributed by atoms with E-state index in [4.69, 9.17) is 0 Å². The van der Waals surface area contributed by atoms with Gasteiger partial charge in [-0.05, 0) is 84.9 Å². The summed E-state index contributed by atoms with van der Waals surface area (Å²) in [5, 5.41) is 3.34. The molecule has 0 aliphatic carbocycles. The van der Waals surface area contributed by atoms with Crippen LogP contribution in [0.25, 0.3) is 0 Å². The Hall–Kier alpha value is -0.390. The number of hydrogen-bond donors (Lipinski definition) is 1. The van der Waals surface area contributed by atoms with Gasteiger partial charge in [-0.15, -0.1) is 0 Å². The zero-order chi connectivity index (χ0) is 13.3. The Balaban J connectivity index is 2.40. The van der Waals surface area contributed by atoms with E-state index in [2.05, 4.69) is 84.1 Å². The monoisotopic (exact) mass is 432 g/mol. The molecule has 0 saturated heterocycles. The summed E-state index contributed by atoms with van der Waals surface area (Å²) in [5.74, 6) is 0.797. The van der Waals surface area contributed by atoms with Crippen LogP contribution in [0, 0.1) is 13.8 Å². The van der Waals surface area contributed by atoms with Gasteiger partial charge in [0.1, 0.15) is 5.82 Å². The number of hydrogen-bond acceptors (Lipinski definition) is 2. The van der Waals surface area contributed by atoms with Crippen molar-refractivity contribution in [2.75, 3.05) is 5.32 Å². The van der Waals surface area contributed by atoms with E-state index in [0.29, 0.717) is 0 Å². The lowest BCUT2D eigenvalue weighted by atomic mass is 10.1. The van der Waals surface area contributed by atoms with Crippen LogP contribution in [0.5, 0.6) is 0 Å². The third-order valence-corrected chi connectivity index (χ3v) is 4.15. The number of nitrogens with zero attached hydrogens (tertiary/aromatic N) is 1. The molecule has 0 aliphatic heterocycles. The fraction of sp³-hybridized carbons (Fsp3) is 0.154. The van der Waals surface area contributed by atoms with E-state index in [1.807, 2.05) is 6.07 Å². The number of nitrogens with one attached hydrogen (secondary N) is 1. The minimum Gasteiger partial charge on any atom is -0.338 e. The SMILES string of the molecule is Cc1cc(C)c(Nc2ncc(Br)cc2Br)c(Br)c1. The molecule has 5 heteroatoms. The molecule has 1 N–H and O–H groups in total. The van der Waals surface area contributed by atoms with Gasteiger partial charge in [0.15, 0.2) is 0 Å². The highest BCUT2D eigenvalue weighted by Gasteiger charge is 2.08. The van der Waals surface area contributed by atoms with Crippen LogP contribution in [0.15, 0.2) is 37.8 Å². The summed E-state index contributed by atoms with van der Waals surface area (Å²) in [6.45, 7) is 4.15. The minimum absolute atomic E-state index is 0.797. The van der Waals surface area contributed by atoms with Crippen LogP contribution in [-0.4, -0.2) is 4.98 Å². The van der Waals surface area contributed by atoms with Gasteiger partial charge >= 0.3 is 0 Å². The molecule has 0 aliphatic rings. The van der Waals surface area contributed by atoms with Crippen molar-refractivity contribution in [3.63, 3.8) is 0 Å². The molecule has 2 aromatic rings. The van der Waals surface area contributed by atoms with Gasteiger partial charge in [-0.25, -0.2) is 4.98 Å². The number of pyridine rings is 1. The lowest BCUT2D eigenvalue weighted by molar-refractivity contribution is 1.26. The molecule has 18 heavy (non-hydrogen) atoms. The zero-order valence-electron chi connectivity index (χ0n) is 9.89. The molecule has 1 heterocycles. The zero-order valence-corrected chi connectivity index (χ0v) is 14.6. The van der Waals surface area contributed by atoms with Crippen molar-refractivity contribution < 1.29 is 0 Å². The second-order valence-electron chi connectivity index (χ2n) is 4.05. The maximum Gasteiger partial charge on any atom is 0.144 e. The molecule has 0 amide bonds. The van der Waals surface area contributed by atoms with Crippen molar-refractivity contribution in [1.82, 2.24) is 4.98 Å². The van der Waals surface area contributed by atoms with Crippen LogP contribution in [0.4, 0.5) is 11.5 Å². The Morgan fingerprint density at radius 1 is 1.00 bits per heavy atom. The van der Waals surface area contributed by atoms with E-state index >= 15 is 0 Å². The molecule has 1 aromatic heterocycles. The summed E-state index contributed by atoms with van der Waals surface area (Å²) in [4.78, 5) is 4.35. The maximum absolute atomic E-state index is 4.35. The van der Waals surface area contributed by atoms with E-state index in [1.165, 1.54) is 11.1 Å². The van der Waals surface area contributed by atoms with Crippen LogP contribution < -0.4 is 5.32 Å². The van der Waals surface area contributed by atoms with Crippen LogP contribution in [0.1, 0.15) is 11.1 Å². The minimum atomic E-state index is 0.797. The standard InChI is InChI=1S/C13H11Br3N2/c1-7-3-8(2)12(10(15)4-7)18-13-11(16)5-9(14)6-17-13/h3-6H,1-2H3,(H,17,18). The average Bonchev–Trinajstić information content (AvgIpc) is 2.25. The van der Waals surface area contributed by atoms with Gasteiger partial charge in [-0.3, -0.25) is 0 Å². The fourth-order valence-corrected chi connectivity index (χ4v) is 3.56. The highest BCUT2D eigenvalue weighted by atomic mass is 79.9. The van der Waals surface area contributed by atoms with E-state index in [9.17, 15) is 0 Å². The van der Waals surface area contributed by atoms with Crippen molar-refractivity contribution in [3.8, 4) is 0 Å². The first-order valence-corrected chi connectivity index (χ1v) is 7.70. The predicted octanol–water partition coefficient (Wildman–Crippen LogP) is 5.73. The normalized spacial score (nSPS) is 10.5. The average molecular weight is 435 g/mol. The van der Waals surface area contributed by atoms with E-state index in [1.54, 1.807) is 6.20 Å². The predicted molar refractivity (Wildman–Crippen MR) is 86.5 cm³/mol. The van der Waals surface area contributed by atoms with Crippen LogP contribution >= 0.6 is 47.8 Å². The molecule has 2 nitrogen and oxygen atoms in total. The van der Waals surface area contributed by atoms with Crippen molar-refractivity contribution in [2.24, 2.45) is 0 Å². The van der Waals surface area contributed by atoms with Gasteiger partial charge in [0.2, 0.25) is 0 Å². The molecule has 0 unspecified atom stereocenters. The summed E-state index contributed by atoms with van der Waals surface area (Å²) in [6.07, 6.45) is 1.77. The van der Waals surface area contributed by atoms with Crippen molar-refractivity contribution in [3.05, 3.63) is 48.9 Å². The van der Waals surface area contributed by atoms with Crippen molar-refractivity contribution in [2.45, 2.75) is 13.8 Å². The number of halogens is 3. The molecular formula is C13H11Br3N2. The number of anilines is 2. The summed E-state index contributed by atoms with van der Waals surface area (Å²) >= 11 is 10.5. The molecular weight excluding hydrogens is 424 g/mol. The molecule has 0 saturated carbocycles. The first-order valence-electron chi connectivity index (χ1n) is 5.32. The Morgan fingerprint density at radius 3 is 2.33 bits per heavy atom. The van der Waals surface area contributed by atoms with Gasteiger partial charge < -0.3 is 5.32 Å². The first-order chi connectivity index (χ1) is 8.47. The van der Waals surface area contributed by atoms with Crippen LogP contribution in [-0.2, 0) is 0 Å². The van der Waals surface area contributed by atoms with Gasteiger partial charge in [0.05, 0.1) is 10.2 Å². The summed E-state index contributed by atoms with van der Waals surface area (Å²) in [6, 6.07) is 6.19. The van der Waals surface area contributed by atoms with Gasteiger partial charge in [-0.1, -0.05) is 6.07 Å². The lowest BCUT2D eigenvalue weighted by Crippen LogP contribution is -1.98. The molecule has 0 fully saturated rings. The molecule has 0 spiro atoms. The van der Waals surface area contributed by atoms with Crippen LogP contribution in [0.3, 0.4) is 0 Å². The quantitative estimate of drug-likeness (QED) is 0.652. The summed E-state index contributed by atoms with van der Waals surface area (Å²) in [5.41, 5.74) is 3.45. The molecule has 0 bridgehead atoms. The van der Waals surface area contributed by atoms with E-state index in [0.717, 1.165) is 24.9 Å². The van der Waals surface area contributed by atoms with Gasteiger partial charge in [0, 0.05) is 15.1 Å². The third kappa shape index (κ3) is 3.13. The Kier molecular flexibility index (Phi) is 4.45. The van der Waals surface area contributed by atoms with E-state index in [-0.39, 0.29) is 0 Å². The topological polar surface area (TPSA) is 24.9 Å². The third-order valence-electron chi connectivity index (χ3n) is 2.48. The number of aryl methyl sites for hydroxylation is 2. The first kappa shape index (κ1) is 14.0. The van der Waals surface area contributed by atoms with Crippen molar-refractivity contribution >= 4 is 59.3 Å². The number of rotatable bonds is 2.